The summed E-state index contributed by atoms with van der Waals surface area (Å²) >= 11 is 3.31. The Bertz CT molecular complexity index is 723. The van der Waals surface area contributed by atoms with E-state index in [9.17, 15) is 5.26 Å². The number of likely N-dealkylation sites (N-methyl/N-ethyl adjacent to an activating group) is 1. The van der Waals surface area contributed by atoms with Crippen molar-refractivity contribution in [2.75, 3.05) is 39.8 Å². The fourth-order valence-corrected chi connectivity index (χ4v) is 4.59. The molecule has 0 aliphatic carbocycles. The molecule has 2 aromatic rings. The maximum Gasteiger partial charge on any atom is 0.133 e. The fraction of sp³-hybridized carbons (Fsp3) is 0.500. The Morgan fingerprint density at radius 2 is 2.16 bits per heavy atom. The second kappa shape index (κ2) is 8.68. The smallest absolute Gasteiger partial charge is 0.133 e. The normalized spacial score (nSPS) is 19.1. The van der Waals surface area contributed by atoms with Crippen molar-refractivity contribution in [2.45, 2.75) is 18.9 Å². The number of thiophene rings is 1. The summed E-state index contributed by atoms with van der Waals surface area (Å²) in [4.78, 5) is 15.3. The van der Waals surface area contributed by atoms with Gasteiger partial charge in [-0.15, -0.1) is 22.7 Å². The summed E-state index contributed by atoms with van der Waals surface area (Å²) in [5, 5.41) is 14.4. The summed E-state index contributed by atoms with van der Waals surface area (Å²) in [5.74, 6) is -0.352. The first kappa shape index (κ1) is 18.2. The maximum atomic E-state index is 9.43. The minimum Gasteiger partial charge on any atom is -0.304 e. The summed E-state index contributed by atoms with van der Waals surface area (Å²) in [6.07, 6.45) is 1.77. The van der Waals surface area contributed by atoms with Crippen molar-refractivity contribution in [3.05, 3.63) is 38.5 Å². The number of aromatic nitrogens is 1. The van der Waals surface area contributed by atoms with Crippen molar-refractivity contribution in [1.29, 1.82) is 5.26 Å². The van der Waals surface area contributed by atoms with Crippen molar-refractivity contribution < 1.29 is 0 Å². The van der Waals surface area contributed by atoms with Gasteiger partial charge in [0.15, 0.2) is 0 Å². The SMILES string of the molecule is Cc1csc([C@H](C#N)C=NC[C@H](c2cccs2)N2CCN(C)CC2)n1. The Morgan fingerprint density at radius 1 is 1.36 bits per heavy atom. The number of aliphatic imine (C=N–C) groups is 1. The van der Waals surface area contributed by atoms with Gasteiger partial charge in [0.2, 0.25) is 0 Å². The molecule has 1 fully saturated rings. The molecule has 0 amide bonds. The van der Waals surface area contributed by atoms with Crippen molar-refractivity contribution in [1.82, 2.24) is 14.8 Å². The predicted molar refractivity (Wildman–Crippen MR) is 105 cm³/mol. The lowest BCUT2D eigenvalue weighted by molar-refractivity contribution is 0.116. The Morgan fingerprint density at radius 3 is 2.76 bits per heavy atom. The van der Waals surface area contributed by atoms with Gasteiger partial charge in [-0.3, -0.25) is 9.89 Å². The zero-order valence-corrected chi connectivity index (χ0v) is 16.3. The Labute approximate surface area is 157 Å². The number of piperazine rings is 1. The molecule has 0 radical (unpaired) electrons. The van der Waals surface area contributed by atoms with Crippen LogP contribution in [0.15, 0.2) is 27.9 Å². The van der Waals surface area contributed by atoms with Crippen LogP contribution in [0.1, 0.15) is 27.5 Å². The molecule has 5 nitrogen and oxygen atoms in total. The van der Waals surface area contributed by atoms with Gasteiger partial charge in [-0.05, 0) is 25.4 Å². The van der Waals surface area contributed by atoms with Gasteiger partial charge in [0, 0.05) is 48.3 Å². The average Bonchev–Trinajstić information content (AvgIpc) is 3.28. The number of rotatable bonds is 6. The maximum absolute atomic E-state index is 9.43. The molecule has 1 aliphatic heterocycles. The molecule has 3 rings (SSSR count). The molecule has 1 saturated heterocycles. The number of hydrogen-bond donors (Lipinski definition) is 0. The number of nitriles is 1. The van der Waals surface area contributed by atoms with Gasteiger partial charge in [-0.25, -0.2) is 4.98 Å². The van der Waals surface area contributed by atoms with Gasteiger partial charge in [0.05, 0.1) is 18.7 Å². The number of thiazole rings is 1. The highest BCUT2D eigenvalue weighted by Gasteiger charge is 2.24. The molecule has 1 aliphatic rings. The highest BCUT2D eigenvalue weighted by molar-refractivity contribution is 7.10. The van der Waals surface area contributed by atoms with Crippen LogP contribution < -0.4 is 0 Å². The number of hydrogen-bond acceptors (Lipinski definition) is 7. The third kappa shape index (κ3) is 4.73. The Kier molecular flexibility index (Phi) is 6.32. The van der Waals surface area contributed by atoms with Crippen molar-refractivity contribution in [3.8, 4) is 6.07 Å². The lowest BCUT2D eigenvalue weighted by atomic mass is 10.1. The van der Waals surface area contributed by atoms with E-state index in [1.54, 1.807) is 17.6 Å². The van der Waals surface area contributed by atoms with Gasteiger partial charge in [0.1, 0.15) is 10.9 Å². The summed E-state index contributed by atoms with van der Waals surface area (Å²) < 4.78 is 0. The first-order valence-electron chi connectivity index (χ1n) is 8.45. The standard InChI is InChI=1S/C18H23N5S2/c1-14-13-25-18(21-14)15(10-19)11-20-12-16(17-4-3-9-24-17)23-7-5-22(2)6-8-23/h3-4,9,11,13,15-16H,5-8,12H2,1-2H3/t15-,16-/m1/s1. The predicted octanol–water partition coefficient (Wildman–Crippen LogP) is 3.18. The minimum atomic E-state index is -0.352. The van der Waals surface area contributed by atoms with E-state index < -0.39 is 0 Å². The quantitative estimate of drug-likeness (QED) is 0.730. The van der Waals surface area contributed by atoms with Crippen LogP contribution >= 0.6 is 22.7 Å². The molecule has 7 heteroatoms. The van der Waals surface area contributed by atoms with E-state index in [1.807, 2.05) is 12.3 Å². The molecule has 2 atom stereocenters. The first-order chi connectivity index (χ1) is 12.2. The molecule has 2 aromatic heterocycles. The van der Waals surface area contributed by atoms with Crippen LogP contribution in [0.5, 0.6) is 0 Å². The monoisotopic (exact) mass is 373 g/mol. The first-order valence-corrected chi connectivity index (χ1v) is 10.2. The minimum absolute atomic E-state index is 0.294. The summed E-state index contributed by atoms with van der Waals surface area (Å²) in [6, 6.07) is 6.89. The van der Waals surface area contributed by atoms with Gasteiger partial charge in [-0.1, -0.05) is 6.07 Å². The molecule has 0 unspecified atom stereocenters. The van der Waals surface area contributed by atoms with Gasteiger partial charge < -0.3 is 4.90 Å². The molecular formula is C18H23N5S2. The summed E-state index contributed by atoms with van der Waals surface area (Å²) in [6.45, 7) is 6.93. The molecule has 3 heterocycles. The average molecular weight is 374 g/mol. The van der Waals surface area contributed by atoms with Crippen LogP contribution in [0.3, 0.4) is 0 Å². The second-order valence-corrected chi connectivity index (χ2v) is 8.19. The molecule has 132 valence electrons. The highest BCUT2D eigenvalue weighted by Crippen LogP contribution is 2.27. The second-order valence-electron chi connectivity index (χ2n) is 6.32. The molecular weight excluding hydrogens is 350 g/mol. The van der Waals surface area contributed by atoms with E-state index in [0.29, 0.717) is 12.6 Å². The van der Waals surface area contributed by atoms with Crippen molar-refractivity contribution >= 4 is 28.9 Å². The zero-order chi connectivity index (χ0) is 17.6. The molecule has 0 spiro atoms. The van der Waals surface area contributed by atoms with Crippen LogP contribution in [0.4, 0.5) is 0 Å². The number of nitrogens with zero attached hydrogens (tertiary/aromatic N) is 5. The van der Waals surface area contributed by atoms with Crippen LogP contribution in [-0.4, -0.2) is 60.8 Å². The summed E-state index contributed by atoms with van der Waals surface area (Å²) in [5.41, 5.74) is 0.961. The van der Waals surface area contributed by atoms with E-state index in [1.165, 1.54) is 16.2 Å². The molecule has 0 aromatic carbocycles. The Hall–Kier alpha value is -1.59. The largest absolute Gasteiger partial charge is 0.304 e. The molecule has 0 N–H and O–H groups in total. The van der Waals surface area contributed by atoms with Crippen LogP contribution in [0.25, 0.3) is 0 Å². The van der Waals surface area contributed by atoms with E-state index >= 15 is 0 Å². The lowest BCUT2D eigenvalue weighted by Crippen LogP contribution is -2.46. The Balaban J connectivity index is 1.69. The number of aryl methyl sites for hydroxylation is 1. The van der Waals surface area contributed by atoms with Gasteiger partial charge >= 0.3 is 0 Å². The molecule has 0 saturated carbocycles. The van der Waals surface area contributed by atoms with E-state index in [-0.39, 0.29) is 5.92 Å². The highest BCUT2D eigenvalue weighted by atomic mass is 32.1. The lowest BCUT2D eigenvalue weighted by Gasteiger charge is -2.37. The van der Waals surface area contributed by atoms with Crippen LogP contribution in [0, 0.1) is 18.3 Å². The van der Waals surface area contributed by atoms with Crippen LogP contribution in [-0.2, 0) is 0 Å². The third-order valence-corrected chi connectivity index (χ3v) is 6.44. The summed E-state index contributed by atoms with van der Waals surface area (Å²) in [7, 11) is 2.17. The van der Waals surface area contributed by atoms with Crippen molar-refractivity contribution in [2.24, 2.45) is 4.99 Å². The van der Waals surface area contributed by atoms with Crippen molar-refractivity contribution in [3.63, 3.8) is 0 Å². The van der Waals surface area contributed by atoms with Gasteiger partial charge in [0.25, 0.3) is 0 Å². The van der Waals surface area contributed by atoms with E-state index in [0.717, 1.165) is 36.9 Å². The zero-order valence-electron chi connectivity index (χ0n) is 14.6. The topological polar surface area (TPSA) is 55.5 Å². The fourth-order valence-electron chi connectivity index (χ4n) is 2.93. The van der Waals surface area contributed by atoms with Crippen LogP contribution in [0.2, 0.25) is 0 Å². The molecule has 0 bridgehead atoms. The van der Waals surface area contributed by atoms with Gasteiger partial charge in [-0.2, -0.15) is 5.26 Å². The van der Waals surface area contributed by atoms with E-state index in [4.69, 9.17) is 0 Å². The van der Waals surface area contributed by atoms with E-state index in [2.05, 4.69) is 50.4 Å². The third-order valence-electron chi connectivity index (χ3n) is 4.42. The molecule has 25 heavy (non-hydrogen) atoms.